The zero-order valence-corrected chi connectivity index (χ0v) is 7.50. The van der Waals surface area contributed by atoms with Gasteiger partial charge in [-0.1, -0.05) is 0 Å². The summed E-state index contributed by atoms with van der Waals surface area (Å²) in [5.41, 5.74) is 0.394. The lowest BCUT2D eigenvalue weighted by molar-refractivity contribution is 0.0697. The summed E-state index contributed by atoms with van der Waals surface area (Å²) in [6.07, 6.45) is -2.58. The van der Waals surface area contributed by atoms with Gasteiger partial charge in [-0.25, -0.2) is 13.6 Å². The van der Waals surface area contributed by atoms with Crippen LogP contribution in [0, 0.1) is 0 Å². The van der Waals surface area contributed by atoms with Crippen molar-refractivity contribution in [1.29, 1.82) is 0 Å². The maximum absolute atomic E-state index is 12.3. The average molecular weight is 211 g/mol. The van der Waals surface area contributed by atoms with E-state index >= 15 is 0 Å². The van der Waals surface area contributed by atoms with Crippen LogP contribution >= 0.6 is 0 Å². The number of H-pyrrole nitrogens is 1. The van der Waals surface area contributed by atoms with E-state index in [9.17, 15) is 13.6 Å². The van der Waals surface area contributed by atoms with E-state index in [0.717, 1.165) is 0 Å². The molecule has 0 saturated heterocycles. The quantitative estimate of drug-likeness (QED) is 0.802. The highest BCUT2D eigenvalue weighted by molar-refractivity contribution is 5.93. The molecule has 0 unspecified atom stereocenters. The number of hydrogen-bond donors (Lipinski definition) is 2. The number of nitrogens with one attached hydrogen (secondary N) is 1. The van der Waals surface area contributed by atoms with Crippen LogP contribution in [0.1, 0.15) is 22.5 Å². The molecule has 78 valence electrons. The lowest BCUT2D eigenvalue weighted by Crippen LogP contribution is -1.94. The van der Waals surface area contributed by atoms with Crippen molar-refractivity contribution < 1.29 is 18.7 Å². The van der Waals surface area contributed by atoms with Crippen molar-refractivity contribution in [2.75, 3.05) is 0 Å². The fraction of sp³-hybridized carbons (Fsp3) is 0.100. The molecule has 2 N–H and O–H groups in total. The molecule has 0 aliphatic rings. The molecular weight excluding hydrogens is 204 g/mol. The van der Waals surface area contributed by atoms with Crippen molar-refractivity contribution in [3.8, 4) is 0 Å². The van der Waals surface area contributed by atoms with E-state index in [1.165, 1.54) is 24.3 Å². The summed E-state index contributed by atoms with van der Waals surface area (Å²) >= 11 is 0. The zero-order valence-electron chi connectivity index (χ0n) is 7.50. The van der Waals surface area contributed by atoms with E-state index in [0.29, 0.717) is 10.9 Å². The first-order valence-corrected chi connectivity index (χ1v) is 4.22. The van der Waals surface area contributed by atoms with E-state index in [1.807, 2.05) is 0 Å². The zero-order chi connectivity index (χ0) is 11.0. The number of carbonyl (C=O) groups is 1. The molecule has 0 bridgehead atoms. The van der Waals surface area contributed by atoms with Crippen molar-refractivity contribution in [3.05, 3.63) is 35.5 Å². The summed E-state index contributed by atoms with van der Waals surface area (Å²) in [6, 6.07) is 5.47. The van der Waals surface area contributed by atoms with Gasteiger partial charge in [0.15, 0.2) is 0 Å². The van der Waals surface area contributed by atoms with Crippen molar-refractivity contribution in [1.82, 2.24) is 4.98 Å². The third-order valence-corrected chi connectivity index (χ3v) is 2.12. The number of aromatic carboxylic acids is 1. The van der Waals surface area contributed by atoms with Crippen molar-refractivity contribution in [2.45, 2.75) is 6.43 Å². The summed E-state index contributed by atoms with van der Waals surface area (Å²) < 4.78 is 24.6. The van der Waals surface area contributed by atoms with Crippen LogP contribution in [-0.2, 0) is 0 Å². The van der Waals surface area contributed by atoms with Gasteiger partial charge in [0, 0.05) is 10.9 Å². The predicted octanol–water partition coefficient (Wildman–Crippen LogP) is 2.80. The SMILES string of the molecule is O=C(O)c1ccc2[nH]c(C(F)F)cc2c1. The molecule has 1 heterocycles. The number of benzene rings is 1. The highest BCUT2D eigenvalue weighted by atomic mass is 19.3. The predicted molar refractivity (Wildman–Crippen MR) is 50.2 cm³/mol. The lowest BCUT2D eigenvalue weighted by Gasteiger charge is -1.93. The number of alkyl halides is 2. The number of carboxylic acids is 1. The standard InChI is InChI=1S/C10H7F2NO2/c11-9(12)8-4-6-3-5(10(14)15)1-2-7(6)13-8/h1-4,9,13H,(H,14,15). The molecule has 15 heavy (non-hydrogen) atoms. The number of aromatic nitrogens is 1. The van der Waals surface area contributed by atoms with Gasteiger partial charge in [-0.15, -0.1) is 0 Å². The fourth-order valence-electron chi connectivity index (χ4n) is 1.41. The Kier molecular flexibility index (Phi) is 2.15. The highest BCUT2D eigenvalue weighted by Crippen LogP contribution is 2.24. The summed E-state index contributed by atoms with van der Waals surface area (Å²) in [6.45, 7) is 0. The molecule has 0 atom stereocenters. The number of aromatic amines is 1. The second-order valence-corrected chi connectivity index (χ2v) is 3.13. The smallest absolute Gasteiger partial charge is 0.335 e. The molecule has 0 spiro atoms. The topological polar surface area (TPSA) is 53.1 Å². The van der Waals surface area contributed by atoms with Crippen LogP contribution in [-0.4, -0.2) is 16.1 Å². The maximum atomic E-state index is 12.3. The molecule has 0 saturated carbocycles. The molecule has 2 aromatic rings. The van der Waals surface area contributed by atoms with Crippen LogP contribution < -0.4 is 0 Å². The highest BCUT2D eigenvalue weighted by Gasteiger charge is 2.11. The molecule has 0 fully saturated rings. The monoisotopic (exact) mass is 211 g/mol. The molecule has 2 rings (SSSR count). The third kappa shape index (κ3) is 1.68. The van der Waals surface area contributed by atoms with E-state index in [1.54, 1.807) is 0 Å². The van der Waals surface area contributed by atoms with Gasteiger partial charge in [-0.3, -0.25) is 0 Å². The van der Waals surface area contributed by atoms with Crippen molar-refractivity contribution in [2.24, 2.45) is 0 Å². The number of carboxylic acid groups (broad SMARTS) is 1. The number of rotatable bonds is 2. The van der Waals surface area contributed by atoms with Crippen LogP contribution in [0.4, 0.5) is 8.78 Å². The molecule has 0 amide bonds. The Morgan fingerprint density at radius 2 is 2.07 bits per heavy atom. The van der Waals surface area contributed by atoms with E-state index < -0.39 is 12.4 Å². The number of halogens is 2. The van der Waals surface area contributed by atoms with Gasteiger partial charge in [0.05, 0.1) is 11.3 Å². The van der Waals surface area contributed by atoms with Gasteiger partial charge >= 0.3 is 5.97 Å². The van der Waals surface area contributed by atoms with Crippen molar-refractivity contribution >= 4 is 16.9 Å². The molecule has 1 aromatic carbocycles. The molecule has 1 aromatic heterocycles. The summed E-state index contributed by atoms with van der Waals surface area (Å²) in [5, 5.41) is 9.18. The van der Waals surface area contributed by atoms with Crippen LogP contribution in [0.5, 0.6) is 0 Å². The van der Waals surface area contributed by atoms with E-state index in [4.69, 9.17) is 5.11 Å². The first kappa shape index (κ1) is 9.64. The number of hydrogen-bond acceptors (Lipinski definition) is 1. The molecule has 0 aliphatic heterocycles. The average Bonchev–Trinajstić information content (AvgIpc) is 2.59. The Hall–Kier alpha value is -1.91. The van der Waals surface area contributed by atoms with E-state index in [2.05, 4.69) is 4.98 Å². The maximum Gasteiger partial charge on any atom is 0.335 e. The summed E-state index contributed by atoms with van der Waals surface area (Å²) in [7, 11) is 0. The Morgan fingerprint density at radius 1 is 1.33 bits per heavy atom. The molecule has 3 nitrogen and oxygen atoms in total. The minimum Gasteiger partial charge on any atom is -0.478 e. The first-order chi connectivity index (χ1) is 7.08. The Morgan fingerprint density at radius 3 is 2.67 bits per heavy atom. The molecular formula is C10H7F2NO2. The molecule has 0 aliphatic carbocycles. The van der Waals surface area contributed by atoms with Crippen LogP contribution in [0.15, 0.2) is 24.3 Å². The van der Waals surface area contributed by atoms with Crippen LogP contribution in [0.3, 0.4) is 0 Å². The summed E-state index contributed by atoms with van der Waals surface area (Å²) in [5.74, 6) is -1.07. The summed E-state index contributed by atoms with van der Waals surface area (Å²) in [4.78, 5) is 13.1. The Labute approximate surface area is 83.3 Å². The van der Waals surface area contributed by atoms with E-state index in [-0.39, 0.29) is 11.3 Å². The molecule has 5 heteroatoms. The minimum atomic E-state index is -2.58. The second kappa shape index (κ2) is 3.34. The minimum absolute atomic E-state index is 0.0855. The van der Waals surface area contributed by atoms with Gasteiger partial charge in [0.25, 0.3) is 6.43 Å². The number of fused-ring (bicyclic) bond motifs is 1. The normalized spacial score (nSPS) is 11.1. The first-order valence-electron chi connectivity index (χ1n) is 4.22. The Balaban J connectivity index is 2.57. The van der Waals surface area contributed by atoms with Gasteiger partial charge in [0.1, 0.15) is 0 Å². The van der Waals surface area contributed by atoms with Crippen molar-refractivity contribution in [3.63, 3.8) is 0 Å². The van der Waals surface area contributed by atoms with Gasteiger partial charge in [-0.05, 0) is 24.3 Å². The second-order valence-electron chi connectivity index (χ2n) is 3.13. The lowest BCUT2D eigenvalue weighted by atomic mass is 10.1. The van der Waals surface area contributed by atoms with Crippen LogP contribution in [0.25, 0.3) is 10.9 Å². The third-order valence-electron chi connectivity index (χ3n) is 2.12. The Bertz CT molecular complexity index is 519. The fourth-order valence-corrected chi connectivity index (χ4v) is 1.41. The van der Waals surface area contributed by atoms with Crippen LogP contribution in [0.2, 0.25) is 0 Å². The van der Waals surface area contributed by atoms with Gasteiger partial charge < -0.3 is 10.1 Å². The molecule has 0 radical (unpaired) electrons. The largest absolute Gasteiger partial charge is 0.478 e. The van der Waals surface area contributed by atoms with Gasteiger partial charge in [0.2, 0.25) is 0 Å². The van der Waals surface area contributed by atoms with Gasteiger partial charge in [-0.2, -0.15) is 0 Å².